The van der Waals surface area contributed by atoms with Crippen LogP contribution < -0.4 is 15.0 Å². The van der Waals surface area contributed by atoms with Gasteiger partial charge in [-0.15, -0.1) is 0 Å². The van der Waals surface area contributed by atoms with Crippen molar-refractivity contribution in [3.8, 4) is 5.75 Å². The van der Waals surface area contributed by atoms with Crippen LogP contribution in [0.15, 0.2) is 60.8 Å². The van der Waals surface area contributed by atoms with Gasteiger partial charge in [-0.25, -0.2) is 9.78 Å². The number of nitrogens with zero attached hydrogens (tertiary/aromatic N) is 2. The third kappa shape index (κ3) is 4.91. The average molecular weight is 438 g/mol. The number of carbonyl (C=O) groups is 1. The van der Waals surface area contributed by atoms with E-state index in [0.717, 1.165) is 47.4 Å². The Morgan fingerprint density at radius 1 is 1.26 bits per heavy atom. The van der Waals surface area contributed by atoms with Gasteiger partial charge < -0.3 is 20.1 Å². The molecule has 160 valence electrons. The SMILES string of the molecule is C[C@H](Nc1nccc2c1N(CCc1cccc(Cl)c1)CCO2)c1ccc(C(=O)O)cc1. The molecule has 2 N–H and O–H groups in total. The van der Waals surface area contributed by atoms with Gasteiger partial charge in [0.1, 0.15) is 18.0 Å². The number of pyridine rings is 1. The van der Waals surface area contributed by atoms with Crippen LogP contribution in [0.3, 0.4) is 0 Å². The van der Waals surface area contributed by atoms with E-state index in [1.54, 1.807) is 18.3 Å². The van der Waals surface area contributed by atoms with Crippen molar-refractivity contribution in [3.05, 3.63) is 82.5 Å². The highest BCUT2D eigenvalue weighted by molar-refractivity contribution is 6.30. The summed E-state index contributed by atoms with van der Waals surface area (Å²) in [7, 11) is 0. The quantitative estimate of drug-likeness (QED) is 0.539. The molecule has 0 unspecified atom stereocenters. The first kappa shape index (κ1) is 21.0. The lowest BCUT2D eigenvalue weighted by atomic mass is 10.1. The molecule has 0 spiro atoms. The van der Waals surface area contributed by atoms with Gasteiger partial charge in [0.05, 0.1) is 18.2 Å². The maximum Gasteiger partial charge on any atom is 0.335 e. The van der Waals surface area contributed by atoms with Gasteiger partial charge in [-0.3, -0.25) is 0 Å². The summed E-state index contributed by atoms with van der Waals surface area (Å²) >= 11 is 6.13. The van der Waals surface area contributed by atoms with Gasteiger partial charge in [0.15, 0.2) is 5.82 Å². The molecule has 3 aromatic rings. The molecular formula is C24H24ClN3O3. The third-order valence-electron chi connectivity index (χ3n) is 5.39. The number of carboxylic acid groups (broad SMARTS) is 1. The molecule has 0 saturated carbocycles. The third-order valence-corrected chi connectivity index (χ3v) is 5.63. The molecule has 1 aromatic heterocycles. The van der Waals surface area contributed by atoms with E-state index in [4.69, 9.17) is 21.4 Å². The number of ether oxygens (including phenoxy) is 1. The number of anilines is 2. The molecule has 1 atom stereocenters. The van der Waals surface area contributed by atoms with Crippen molar-refractivity contribution in [1.29, 1.82) is 0 Å². The zero-order valence-electron chi connectivity index (χ0n) is 17.2. The first-order valence-corrected chi connectivity index (χ1v) is 10.6. The Kier molecular flexibility index (Phi) is 6.28. The van der Waals surface area contributed by atoms with Crippen molar-refractivity contribution in [1.82, 2.24) is 4.98 Å². The average Bonchev–Trinajstić information content (AvgIpc) is 2.78. The highest BCUT2D eigenvalue weighted by atomic mass is 35.5. The number of carboxylic acids is 1. The molecule has 1 aliphatic heterocycles. The molecule has 6 nitrogen and oxygen atoms in total. The van der Waals surface area contributed by atoms with E-state index in [9.17, 15) is 4.79 Å². The number of hydrogen-bond acceptors (Lipinski definition) is 5. The first-order chi connectivity index (χ1) is 15.0. The van der Waals surface area contributed by atoms with E-state index in [1.807, 2.05) is 43.3 Å². The molecule has 31 heavy (non-hydrogen) atoms. The summed E-state index contributed by atoms with van der Waals surface area (Å²) in [4.78, 5) is 18.0. The van der Waals surface area contributed by atoms with E-state index in [0.29, 0.717) is 6.61 Å². The van der Waals surface area contributed by atoms with E-state index in [1.165, 1.54) is 5.56 Å². The van der Waals surface area contributed by atoms with Crippen molar-refractivity contribution in [2.75, 3.05) is 29.9 Å². The number of nitrogens with one attached hydrogen (secondary N) is 1. The largest absolute Gasteiger partial charge is 0.489 e. The molecule has 0 bridgehead atoms. The summed E-state index contributed by atoms with van der Waals surface area (Å²) in [6, 6.07) is 16.6. The number of hydrogen-bond donors (Lipinski definition) is 2. The van der Waals surface area contributed by atoms with Crippen LogP contribution in [-0.4, -0.2) is 35.8 Å². The lowest BCUT2D eigenvalue weighted by Gasteiger charge is -2.33. The highest BCUT2D eigenvalue weighted by Crippen LogP contribution is 2.38. The standard InChI is InChI=1S/C24H24ClN3O3/c1-16(18-5-7-19(8-6-18)24(29)30)27-23-22-21(9-11-26-23)31-14-13-28(22)12-10-17-3-2-4-20(25)15-17/h2-9,11,15-16H,10,12-14H2,1H3,(H,26,27)(H,29,30)/t16-/m0/s1. The maximum absolute atomic E-state index is 11.1. The van der Waals surface area contributed by atoms with Gasteiger partial charge in [0, 0.05) is 23.8 Å². The summed E-state index contributed by atoms with van der Waals surface area (Å²) < 4.78 is 5.89. The Morgan fingerprint density at radius 3 is 2.81 bits per heavy atom. The molecular weight excluding hydrogens is 414 g/mol. The second kappa shape index (κ2) is 9.27. The van der Waals surface area contributed by atoms with Crippen molar-refractivity contribution in [2.24, 2.45) is 0 Å². The Hall–Kier alpha value is -3.25. The summed E-state index contributed by atoms with van der Waals surface area (Å²) in [5.41, 5.74) is 3.38. The minimum absolute atomic E-state index is 0.0569. The van der Waals surface area contributed by atoms with Crippen molar-refractivity contribution in [3.63, 3.8) is 0 Å². The lowest BCUT2D eigenvalue weighted by Crippen LogP contribution is -2.35. The molecule has 0 fully saturated rings. The van der Waals surface area contributed by atoms with Gasteiger partial charge in [0.2, 0.25) is 0 Å². The number of aromatic carboxylic acids is 1. The van der Waals surface area contributed by atoms with Gasteiger partial charge >= 0.3 is 5.97 Å². The van der Waals surface area contributed by atoms with Crippen LogP contribution in [0.4, 0.5) is 11.5 Å². The molecule has 7 heteroatoms. The summed E-state index contributed by atoms with van der Waals surface area (Å²) in [5, 5.41) is 13.3. The van der Waals surface area contributed by atoms with Crippen molar-refractivity contribution >= 4 is 29.1 Å². The van der Waals surface area contributed by atoms with Crippen LogP contribution in [-0.2, 0) is 6.42 Å². The Labute approximate surface area is 186 Å². The zero-order chi connectivity index (χ0) is 21.8. The lowest BCUT2D eigenvalue weighted by molar-refractivity contribution is 0.0697. The second-order valence-corrected chi connectivity index (χ2v) is 7.95. The predicted molar refractivity (Wildman–Crippen MR) is 123 cm³/mol. The highest BCUT2D eigenvalue weighted by Gasteiger charge is 2.23. The monoisotopic (exact) mass is 437 g/mol. The fourth-order valence-electron chi connectivity index (χ4n) is 3.72. The Bertz CT molecular complexity index is 1070. The molecule has 0 aliphatic carbocycles. The van der Waals surface area contributed by atoms with Crippen LogP contribution >= 0.6 is 11.6 Å². The summed E-state index contributed by atoms with van der Waals surface area (Å²) in [6.07, 6.45) is 2.60. The van der Waals surface area contributed by atoms with Crippen LogP contribution in [0.2, 0.25) is 5.02 Å². The molecule has 1 aliphatic rings. The molecule has 2 aromatic carbocycles. The van der Waals surface area contributed by atoms with E-state index in [2.05, 4.69) is 21.3 Å². The molecule has 0 saturated heterocycles. The predicted octanol–water partition coefficient (Wildman–Crippen LogP) is 5.05. The number of aromatic nitrogens is 1. The topological polar surface area (TPSA) is 74.7 Å². The van der Waals surface area contributed by atoms with Crippen LogP contribution in [0.25, 0.3) is 0 Å². The van der Waals surface area contributed by atoms with Crippen LogP contribution in [0.5, 0.6) is 5.75 Å². The van der Waals surface area contributed by atoms with Crippen LogP contribution in [0.1, 0.15) is 34.5 Å². The zero-order valence-corrected chi connectivity index (χ0v) is 18.0. The molecule has 0 radical (unpaired) electrons. The number of halogens is 1. The fourth-order valence-corrected chi connectivity index (χ4v) is 3.94. The van der Waals surface area contributed by atoms with Gasteiger partial charge in [0.25, 0.3) is 0 Å². The number of fused-ring (bicyclic) bond motifs is 1. The Balaban J connectivity index is 1.53. The van der Waals surface area contributed by atoms with Gasteiger partial charge in [-0.1, -0.05) is 35.9 Å². The van der Waals surface area contributed by atoms with E-state index >= 15 is 0 Å². The first-order valence-electron chi connectivity index (χ1n) is 10.2. The number of rotatable bonds is 7. The maximum atomic E-state index is 11.1. The minimum atomic E-state index is -0.932. The van der Waals surface area contributed by atoms with E-state index in [-0.39, 0.29) is 11.6 Å². The number of benzene rings is 2. The Morgan fingerprint density at radius 2 is 2.06 bits per heavy atom. The second-order valence-electron chi connectivity index (χ2n) is 7.51. The normalized spacial score (nSPS) is 13.8. The van der Waals surface area contributed by atoms with E-state index < -0.39 is 5.97 Å². The van der Waals surface area contributed by atoms with Gasteiger partial charge in [-0.05, 0) is 48.7 Å². The van der Waals surface area contributed by atoms with Crippen molar-refractivity contribution in [2.45, 2.75) is 19.4 Å². The molecule has 0 amide bonds. The molecule has 4 rings (SSSR count). The van der Waals surface area contributed by atoms with Crippen LogP contribution in [0, 0.1) is 0 Å². The smallest absolute Gasteiger partial charge is 0.335 e. The minimum Gasteiger partial charge on any atom is -0.489 e. The molecule has 2 heterocycles. The summed E-state index contributed by atoms with van der Waals surface area (Å²) in [5.74, 6) is 0.625. The summed E-state index contributed by atoms with van der Waals surface area (Å²) in [6.45, 7) is 4.24. The van der Waals surface area contributed by atoms with Gasteiger partial charge in [-0.2, -0.15) is 0 Å². The van der Waals surface area contributed by atoms with Crippen molar-refractivity contribution < 1.29 is 14.6 Å². The fraction of sp³-hybridized carbons (Fsp3) is 0.250.